The van der Waals surface area contributed by atoms with Crippen LogP contribution < -0.4 is 10.6 Å². The highest BCUT2D eigenvalue weighted by molar-refractivity contribution is 7.10. The minimum atomic E-state index is -0.196. The van der Waals surface area contributed by atoms with Gasteiger partial charge < -0.3 is 9.73 Å². The third-order valence-electron chi connectivity index (χ3n) is 4.68. The van der Waals surface area contributed by atoms with Crippen LogP contribution in [0.15, 0.2) is 82.6 Å². The van der Waals surface area contributed by atoms with Crippen molar-refractivity contribution >= 4 is 28.2 Å². The third kappa shape index (κ3) is 4.16. The molecule has 0 aliphatic carbocycles. The summed E-state index contributed by atoms with van der Waals surface area (Å²) in [5.74, 6) is 0.692. The van der Waals surface area contributed by atoms with Crippen LogP contribution in [0.5, 0.6) is 0 Å². The van der Waals surface area contributed by atoms with Crippen LogP contribution in [-0.4, -0.2) is 12.5 Å². The molecular formula is C23H22N2O2S. The first kappa shape index (κ1) is 18.5. The molecule has 0 fully saturated rings. The van der Waals surface area contributed by atoms with Crippen LogP contribution in [0.4, 0.5) is 0 Å². The maximum atomic E-state index is 12.5. The van der Waals surface area contributed by atoms with E-state index in [4.69, 9.17) is 4.42 Å². The maximum absolute atomic E-state index is 12.5. The number of carbonyl (C=O) groups excluding carboxylic acids is 1. The number of furan rings is 1. The first-order valence-electron chi connectivity index (χ1n) is 9.30. The van der Waals surface area contributed by atoms with E-state index in [1.807, 2.05) is 61.5 Å². The topological polar surface area (TPSA) is 54.3 Å². The van der Waals surface area contributed by atoms with Gasteiger partial charge in [0, 0.05) is 10.3 Å². The van der Waals surface area contributed by atoms with Crippen molar-refractivity contribution < 1.29 is 9.21 Å². The standard InChI is InChI=1S/C23H22N2O2S/c1-16(20-14-18-10-5-6-11-19(18)27-20)25-22(26)15-24-23(21-12-7-13-28-21)17-8-3-2-4-9-17/h2-14,16,23-24H,15H2,1H3,(H,25,26)/t16-,23-/m1/s1. The summed E-state index contributed by atoms with van der Waals surface area (Å²) in [4.78, 5) is 13.7. The number of nitrogens with one attached hydrogen (secondary N) is 2. The maximum Gasteiger partial charge on any atom is 0.234 e. The molecule has 142 valence electrons. The van der Waals surface area contributed by atoms with E-state index in [2.05, 4.69) is 34.2 Å². The van der Waals surface area contributed by atoms with Gasteiger partial charge in [0.2, 0.25) is 5.91 Å². The summed E-state index contributed by atoms with van der Waals surface area (Å²) < 4.78 is 5.85. The average molecular weight is 391 g/mol. The zero-order chi connectivity index (χ0) is 19.3. The number of amides is 1. The fourth-order valence-corrected chi connectivity index (χ4v) is 4.08. The van der Waals surface area contributed by atoms with Gasteiger partial charge in [-0.2, -0.15) is 0 Å². The van der Waals surface area contributed by atoms with Crippen LogP contribution in [0.2, 0.25) is 0 Å². The summed E-state index contributed by atoms with van der Waals surface area (Å²) in [5.41, 5.74) is 1.97. The lowest BCUT2D eigenvalue weighted by atomic mass is 10.1. The summed E-state index contributed by atoms with van der Waals surface area (Å²) in [6.45, 7) is 2.16. The van der Waals surface area contributed by atoms with E-state index in [0.717, 1.165) is 22.3 Å². The molecule has 0 saturated heterocycles. The molecule has 0 aliphatic rings. The van der Waals surface area contributed by atoms with Crippen LogP contribution in [-0.2, 0) is 4.79 Å². The number of fused-ring (bicyclic) bond motifs is 1. The lowest BCUT2D eigenvalue weighted by Gasteiger charge is -2.19. The average Bonchev–Trinajstić information content (AvgIpc) is 3.39. The van der Waals surface area contributed by atoms with Gasteiger partial charge in [0.05, 0.1) is 18.6 Å². The summed E-state index contributed by atoms with van der Waals surface area (Å²) in [7, 11) is 0. The lowest BCUT2D eigenvalue weighted by molar-refractivity contribution is -0.121. The van der Waals surface area contributed by atoms with Crippen molar-refractivity contribution in [2.75, 3.05) is 6.54 Å². The summed E-state index contributed by atoms with van der Waals surface area (Å²) >= 11 is 1.68. The molecule has 0 saturated carbocycles. The van der Waals surface area contributed by atoms with Crippen molar-refractivity contribution in [2.45, 2.75) is 19.0 Å². The molecule has 0 aliphatic heterocycles. The molecule has 2 aromatic heterocycles. The number of carbonyl (C=O) groups is 1. The van der Waals surface area contributed by atoms with Gasteiger partial charge in [0.1, 0.15) is 11.3 Å². The number of hydrogen-bond acceptors (Lipinski definition) is 4. The quantitative estimate of drug-likeness (QED) is 0.464. The van der Waals surface area contributed by atoms with Crippen molar-refractivity contribution in [1.82, 2.24) is 10.6 Å². The molecule has 0 radical (unpaired) electrons. The van der Waals surface area contributed by atoms with Crippen LogP contribution in [0, 0.1) is 0 Å². The molecule has 4 aromatic rings. The van der Waals surface area contributed by atoms with E-state index in [0.29, 0.717) is 0 Å². The zero-order valence-electron chi connectivity index (χ0n) is 15.6. The molecule has 0 spiro atoms. The zero-order valence-corrected chi connectivity index (χ0v) is 16.4. The van der Waals surface area contributed by atoms with Gasteiger partial charge in [-0.15, -0.1) is 11.3 Å². The molecule has 2 heterocycles. The van der Waals surface area contributed by atoms with E-state index < -0.39 is 0 Å². The smallest absolute Gasteiger partial charge is 0.234 e. The van der Waals surface area contributed by atoms with Crippen molar-refractivity contribution in [3.63, 3.8) is 0 Å². The molecule has 2 N–H and O–H groups in total. The fraction of sp³-hybridized carbons (Fsp3) is 0.174. The van der Waals surface area contributed by atoms with E-state index in [-0.39, 0.29) is 24.5 Å². The normalized spacial score (nSPS) is 13.3. The second-order valence-corrected chi connectivity index (χ2v) is 7.70. The molecule has 4 rings (SSSR count). The van der Waals surface area contributed by atoms with Gasteiger partial charge in [0.25, 0.3) is 0 Å². The second-order valence-electron chi connectivity index (χ2n) is 6.72. The van der Waals surface area contributed by atoms with Crippen molar-refractivity contribution in [3.8, 4) is 0 Å². The summed E-state index contributed by atoms with van der Waals surface area (Å²) in [6, 6.07) is 23.9. The minimum Gasteiger partial charge on any atom is -0.459 e. The molecule has 1 amide bonds. The van der Waals surface area contributed by atoms with Crippen molar-refractivity contribution in [2.24, 2.45) is 0 Å². The Bertz CT molecular complexity index is 1010. The second kappa shape index (κ2) is 8.42. The Morgan fingerprint density at radius 2 is 1.82 bits per heavy atom. The molecule has 5 heteroatoms. The Labute approximate surface area is 168 Å². The highest BCUT2D eigenvalue weighted by Crippen LogP contribution is 2.26. The van der Waals surface area contributed by atoms with Crippen LogP contribution in [0.25, 0.3) is 11.0 Å². The van der Waals surface area contributed by atoms with Gasteiger partial charge in [-0.3, -0.25) is 10.1 Å². The Balaban J connectivity index is 1.41. The Kier molecular flexibility index (Phi) is 5.55. The SMILES string of the molecule is C[C@@H](NC(=O)CN[C@H](c1ccccc1)c1cccs1)c1cc2ccccc2o1. The highest BCUT2D eigenvalue weighted by atomic mass is 32.1. The molecule has 0 unspecified atom stereocenters. The van der Waals surface area contributed by atoms with E-state index in [9.17, 15) is 4.79 Å². The molecular weight excluding hydrogens is 368 g/mol. The first-order valence-corrected chi connectivity index (χ1v) is 10.2. The van der Waals surface area contributed by atoms with Crippen LogP contribution in [0.3, 0.4) is 0 Å². The number of hydrogen-bond donors (Lipinski definition) is 2. The molecule has 28 heavy (non-hydrogen) atoms. The molecule has 0 bridgehead atoms. The number of benzene rings is 2. The largest absolute Gasteiger partial charge is 0.459 e. The predicted octanol–water partition coefficient (Wildman–Crippen LogP) is 5.05. The van der Waals surface area contributed by atoms with Crippen LogP contribution in [0.1, 0.15) is 35.2 Å². The number of para-hydroxylation sites is 1. The molecule has 2 atom stereocenters. The third-order valence-corrected chi connectivity index (χ3v) is 5.61. The summed E-state index contributed by atoms with van der Waals surface area (Å²) in [5, 5.41) is 9.50. The van der Waals surface area contributed by atoms with Gasteiger partial charge in [-0.25, -0.2) is 0 Å². The van der Waals surface area contributed by atoms with E-state index >= 15 is 0 Å². The Morgan fingerprint density at radius 1 is 1.04 bits per heavy atom. The van der Waals surface area contributed by atoms with Crippen molar-refractivity contribution in [3.05, 3.63) is 94.4 Å². The first-order chi connectivity index (χ1) is 13.7. The predicted molar refractivity (Wildman–Crippen MR) is 113 cm³/mol. The van der Waals surface area contributed by atoms with E-state index in [1.54, 1.807) is 11.3 Å². The minimum absolute atomic E-state index is 0.00606. The summed E-state index contributed by atoms with van der Waals surface area (Å²) in [6.07, 6.45) is 0. The number of rotatable bonds is 7. The Hall–Kier alpha value is -2.89. The number of thiophene rings is 1. The van der Waals surface area contributed by atoms with Gasteiger partial charge in [0.15, 0.2) is 0 Å². The Morgan fingerprint density at radius 3 is 2.57 bits per heavy atom. The van der Waals surface area contributed by atoms with Crippen molar-refractivity contribution in [1.29, 1.82) is 0 Å². The van der Waals surface area contributed by atoms with Gasteiger partial charge >= 0.3 is 0 Å². The van der Waals surface area contributed by atoms with Gasteiger partial charge in [-0.05, 0) is 36.1 Å². The van der Waals surface area contributed by atoms with E-state index in [1.165, 1.54) is 4.88 Å². The van der Waals surface area contributed by atoms with Gasteiger partial charge in [-0.1, -0.05) is 54.6 Å². The molecule has 2 aromatic carbocycles. The molecule has 4 nitrogen and oxygen atoms in total. The highest BCUT2D eigenvalue weighted by Gasteiger charge is 2.18. The van der Waals surface area contributed by atoms with Crippen LogP contribution >= 0.6 is 11.3 Å². The lowest BCUT2D eigenvalue weighted by Crippen LogP contribution is -2.37. The fourth-order valence-electron chi connectivity index (χ4n) is 3.26. The monoisotopic (exact) mass is 390 g/mol.